The average molecular weight is 351 g/mol. The monoisotopic (exact) mass is 351 g/mol. The van der Waals surface area contributed by atoms with Crippen molar-refractivity contribution in [2.75, 3.05) is 7.11 Å². The Morgan fingerprint density at radius 1 is 1.44 bits per heavy atom. The van der Waals surface area contributed by atoms with Gasteiger partial charge in [-0.05, 0) is 22.6 Å². The Labute approximate surface area is 102 Å². The van der Waals surface area contributed by atoms with Gasteiger partial charge in [0.1, 0.15) is 16.0 Å². The molecule has 0 radical (unpaired) electrons. The third-order valence-corrected chi connectivity index (χ3v) is 2.51. The van der Waals surface area contributed by atoms with Gasteiger partial charge in [-0.3, -0.25) is 0 Å². The second kappa shape index (κ2) is 5.02. The highest BCUT2D eigenvalue weighted by Crippen LogP contribution is 2.32. The summed E-state index contributed by atoms with van der Waals surface area (Å²) in [7, 11) is 1.26. The SMILES string of the molecule is COc1cc(CF)nc(OC(F)(F)F)c1I. The molecule has 0 aliphatic heterocycles. The Balaban J connectivity index is 3.16. The fourth-order valence-electron chi connectivity index (χ4n) is 0.926. The molecule has 0 aromatic carbocycles. The molecule has 0 aliphatic carbocycles. The maximum absolute atomic E-state index is 12.3. The van der Waals surface area contributed by atoms with Crippen LogP contribution in [0, 0.1) is 3.57 Å². The molecule has 0 saturated heterocycles. The summed E-state index contributed by atoms with van der Waals surface area (Å²) < 4.78 is 56.8. The molecule has 0 unspecified atom stereocenters. The molecule has 0 amide bonds. The fourth-order valence-corrected chi connectivity index (χ4v) is 1.53. The molecule has 0 aliphatic rings. The molecule has 0 atom stereocenters. The Hall–Kier alpha value is -0.800. The van der Waals surface area contributed by atoms with E-state index in [2.05, 4.69) is 9.72 Å². The molecule has 8 heteroatoms. The fraction of sp³-hybridized carbons (Fsp3) is 0.375. The van der Waals surface area contributed by atoms with Gasteiger partial charge in [-0.2, -0.15) is 0 Å². The van der Waals surface area contributed by atoms with Gasteiger partial charge in [-0.25, -0.2) is 9.37 Å². The van der Waals surface area contributed by atoms with E-state index in [9.17, 15) is 17.6 Å². The molecule has 16 heavy (non-hydrogen) atoms. The van der Waals surface area contributed by atoms with Crippen LogP contribution in [0.4, 0.5) is 17.6 Å². The smallest absolute Gasteiger partial charge is 0.495 e. The van der Waals surface area contributed by atoms with E-state index in [1.165, 1.54) is 13.2 Å². The lowest BCUT2D eigenvalue weighted by molar-refractivity contribution is -0.276. The number of aromatic nitrogens is 1. The zero-order valence-electron chi connectivity index (χ0n) is 7.94. The first-order valence-corrected chi connectivity index (χ1v) is 5.00. The summed E-state index contributed by atoms with van der Waals surface area (Å²) >= 11 is 1.58. The minimum Gasteiger partial charge on any atom is -0.495 e. The predicted octanol–water partition coefficient (Wildman–Crippen LogP) is 3.06. The zero-order valence-corrected chi connectivity index (χ0v) is 10.1. The Morgan fingerprint density at radius 2 is 2.06 bits per heavy atom. The standard InChI is InChI=1S/C8H6F4INO2/c1-15-5-2-4(3-9)14-7(6(5)13)16-8(10,11)12/h2H,3H2,1H3. The third-order valence-electron chi connectivity index (χ3n) is 1.52. The normalized spacial score (nSPS) is 11.4. The van der Waals surface area contributed by atoms with Crippen molar-refractivity contribution >= 4 is 22.6 Å². The molecule has 1 rings (SSSR count). The summed E-state index contributed by atoms with van der Waals surface area (Å²) in [6, 6.07) is 1.21. The number of nitrogens with zero attached hydrogens (tertiary/aromatic N) is 1. The minimum absolute atomic E-state index is 0.0367. The quantitative estimate of drug-likeness (QED) is 0.620. The predicted molar refractivity (Wildman–Crippen MR) is 55.0 cm³/mol. The van der Waals surface area contributed by atoms with Crippen LogP contribution in [0.15, 0.2) is 6.07 Å². The Kier molecular flexibility index (Phi) is 4.16. The zero-order chi connectivity index (χ0) is 12.3. The molecule has 0 spiro atoms. The molecule has 1 aromatic heterocycles. The Bertz CT molecular complexity index is 383. The van der Waals surface area contributed by atoms with Crippen molar-refractivity contribution in [2.24, 2.45) is 0 Å². The van der Waals surface area contributed by atoms with Gasteiger partial charge < -0.3 is 9.47 Å². The summed E-state index contributed by atoms with van der Waals surface area (Å²) in [5.74, 6) is -0.623. The van der Waals surface area contributed by atoms with Crippen LogP contribution in [-0.2, 0) is 6.67 Å². The third kappa shape index (κ3) is 3.35. The van der Waals surface area contributed by atoms with Crippen LogP contribution < -0.4 is 9.47 Å². The van der Waals surface area contributed by atoms with Crippen LogP contribution in [0.5, 0.6) is 11.6 Å². The van der Waals surface area contributed by atoms with Gasteiger partial charge >= 0.3 is 6.36 Å². The largest absolute Gasteiger partial charge is 0.574 e. The average Bonchev–Trinajstić information content (AvgIpc) is 2.19. The van der Waals surface area contributed by atoms with E-state index in [0.29, 0.717) is 0 Å². The Morgan fingerprint density at radius 3 is 2.50 bits per heavy atom. The van der Waals surface area contributed by atoms with Gasteiger partial charge in [0.15, 0.2) is 0 Å². The summed E-state index contributed by atoms with van der Waals surface area (Å²) in [5, 5.41) is 0. The van der Waals surface area contributed by atoms with Crippen LogP contribution in [0.3, 0.4) is 0 Å². The van der Waals surface area contributed by atoms with Gasteiger partial charge in [0.2, 0.25) is 5.88 Å². The first-order valence-electron chi connectivity index (χ1n) is 3.92. The van der Waals surface area contributed by atoms with Gasteiger partial charge in [0, 0.05) is 6.07 Å². The highest BCUT2D eigenvalue weighted by Gasteiger charge is 2.33. The van der Waals surface area contributed by atoms with E-state index in [4.69, 9.17) is 4.74 Å². The van der Waals surface area contributed by atoms with Crippen molar-refractivity contribution in [1.29, 1.82) is 0 Å². The summed E-state index contributed by atoms with van der Waals surface area (Å²) in [5.41, 5.74) is -0.184. The van der Waals surface area contributed by atoms with E-state index >= 15 is 0 Å². The van der Waals surface area contributed by atoms with E-state index in [1.54, 1.807) is 22.6 Å². The summed E-state index contributed by atoms with van der Waals surface area (Å²) in [4.78, 5) is 3.38. The van der Waals surface area contributed by atoms with Gasteiger partial charge in [0.05, 0.1) is 12.8 Å². The number of rotatable bonds is 3. The lowest BCUT2D eigenvalue weighted by Crippen LogP contribution is -2.19. The lowest BCUT2D eigenvalue weighted by atomic mass is 10.3. The minimum atomic E-state index is -4.87. The van der Waals surface area contributed by atoms with Crippen molar-refractivity contribution in [3.8, 4) is 11.6 Å². The number of halogens is 5. The summed E-state index contributed by atoms with van der Waals surface area (Å²) in [6.07, 6.45) is -4.87. The van der Waals surface area contributed by atoms with Crippen molar-refractivity contribution in [2.45, 2.75) is 13.0 Å². The highest BCUT2D eigenvalue weighted by atomic mass is 127. The molecule has 1 aromatic rings. The van der Waals surface area contributed by atoms with Crippen LogP contribution in [0.25, 0.3) is 0 Å². The molecule has 0 N–H and O–H groups in total. The number of pyridine rings is 1. The molecular formula is C8H6F4INO2. The summed E-state index contributed by atoms with van der Waals surface area (Å²) in [6.45, 7) is -0.999. The number of hydrogen-bond donors (Lipinski definition) is 0. The molecular weight excluding hydrogens is 345 g/mol. The maximum Gasteiger partial charge on any atom is 0.574 e. The number of hydrogen-bond acceptors (Lipinski definition) is 3. The van der Waals surface area contributed by atoms with Gasteiger partial charge in [0.25, 0.3) is 0 Å². The molecule has 0 bridgehead atoms. The first-order chi connectivity index (χ1) is 7.37. The molecule has 1 heterocycles. The number of methoxy groups -OCH3 is 1. The van der Waals surface area contributed by atoms with Crippen molar-refractivity contribution in [3.63, 3.8) is 0 Å². The molecule has 0 fully saturated rings. The highest BCUT2D eigenvalue weighted by molar-refractivity contribution is 14.1. The van der Waals surface area contributed by atoms with Crippen molar-refractivity contribution in [3.05, 3.63) is 15.3 Å². The van der Waals surface area contributed by atoms with E-state index in [-0.39, 0.29) is 15.0 Å². The molecule has 90 valence electrons. The second-order valence-corrected chi connectivity index (χ2v) is 3.70. The van der Waals surface area contributed by atoms with Gasteiger partial charge in [-0.1, -0.05) is 0 Å². The molecule has 3 nitrogen and oxygen atoms in total. The first kappa shape index (κ1) is 13.3. The topological polar surface area (TPSA) is 31.4 Å². The van der Waals surface area contributed by atoms with Crippen LogP contribution >= 0.6 is 22.6 Å². The van der Waals surface area contributed by atoms with Gasteiger partial charge in [-0.15, -0.1) is 13.2 Å². The maximum atomic E-state index is 12.3. The molecule has 0 saturated carbocycles. The second-order valence-electron chi connectivity index (χ2n) is 2.62. The van der Waals surface area contributed by atoms with Crippen molar-refractivity contribution < 1.29 is 27.0 Å². The lowest BCUT2D eigenvalue weighted by Gasteiger charge is -2.12. The number of alkyl halides is 4. The van der Waals surface area contributed by atoms with Crippen LogP contribution in [0.1, 0.15) is 5.69 Å². The van der Waals surface area contributed by atoms with Crippen molar-refractivity contribution in [1.82, 2.24) is 4.98 Å². The van der Waals surface area contributed by atoms with E-state index in [1.807, 2.05) is 0 Å². The van der Waals surface area contributed by atoms with Crippen LogP contribution in [0.2, 0.25) is 0 Å². The van der Waals surface area contributed by atoms with E-state index < -0.39 is 18.9 Å². The van der Waals surface area contributed by atoms with Crippen LogP contribution in [-0.4, -0.2) is 18.5 Å². The van der Waals surface area contributed by atoms with E-state index in [0.717, 1.165) is 0 Å². The number of ether oxygens (including phenoxy) is 2.